The summed E-state index contributed by atoms with van der Waals surface area (Å²) in [7, 11) is 0. The number of allylic oxidation sites excluding steroid dienone is 1. The molecular weight excluding hydrogens is 108 g/mol. The third-order valence-electron chi connectivity index (χ3n) is 0.612. The largest absolute Gasteiger partial charge is 0.103 e. The van der Waals surface area contributed by atoms with Gasteiger partial charge in [0.15, 0.2) is 0 Å². The van der Waals surface area contributed by atoms with Crippen molar-refractivity contribution in [1.29, 1.82) is 0 Å². The molecule has 0 N–H and O–H groups in total. The van der Waals surface area contributed by atoms with Gasteiger partial charge < -0.3 is 0 Å². The Balaban J connectivity index is 0. The summed E-state index contributed by atoms with van der Waals surface area (Å²) >= 11 is 0. The van der Waals surface area contributed by atoms with E-state index in [-0.39, 0.29) is 0 Å². The first-order valence-electron chi connectivity index (χ1n) is 3.61. The van der Waals surface area contributed by atoms with Crippen molar-refractivity contribution >= 4 is 0 Å². The minimum Gasteiger partial charge on any atom is -0.103 e. The predicted octanol–water partition coefficient (Wildman–Crippen LogP) is 3.63. The lowest BCUT2D eigenvalue weighted by molar-refractivity contribution is 0.546. The van der Waals surface area contributed by atoms with E-state index in [0.29, 0.717) is 5.41 Å². The molecule has 0 aliphatic heterocycles. The van der Waals surface area contributed by atoms with E-state index in [1.807, 2.05) is 6.08 Å². The summed E-state index contributed by atoms with van der Waals surface area (Å²) in [6.07, 6.45) is 3.19. The average molecular weight is 128 g/mol. The zero-order valence-corrected chi connectivity index (χ0v) is 7.49. The molecule has 9 heavy (non-hydrogen) atoms. The van der Waals surface area contributed by atoms with Crippen LogP contribution < -0.4 is 0 Å². The maximum absolute atomic E-state index is 3.63. The standard InChI is InChI=1S/C6H12.C3H8/c1-5-6(2,3)4;1-3-2/h5H,1H2,2-4H3;3H2,1-2H3. The second-order valence-corrected chi connectivity index (χ2v) is 3.28. The monoisotopic (exact) mass is 128 g/mol. The second-order valence-electron chi connectivity index (χ2n) is 3.28. The molecule has 0 saturated heterocycles. The van der Waals surface area contributed by atoms with E-state index in [4.69, 9.17) is 0 Å². The molecule has 0 unspecified atom stereocenters. The van der Waals surface area contributed by atoms with E-state index in [2.05, 4.69) is 41.2 Å². The molecule has 0 radical (unpaired) electrons. The molecule has 0 saturated carbocycles. The molecule has 0 aromatic rings. The van der Waals surface area contributed by atoms with Gasteiger partial charge >= 0.3 is 0 Å². The van der Waals surface area contributed by atoms with Gasteiger partial charge in [0, 0.05) is 0 Å². The first kappa shape index (κ1) is 11.5. The summed E-state index contributed by atoms with van der Waals surface area (Å²) in [6, 6.07) is 0. The Kier molecular flexibility index (Phi) is 7.52. The van der Waals surface area contributed by atoms with Crippen LogP contribution in [0.5, 0.6) is 0 Å². The van der Waals surface area contributed by atoms with Crippen molar-refractivity contribution in [2.75, 3.05) is 0 Å². The summed E-state index contributed by atoms with van der Waals surface area (Å²) in [6.45, 7) is 14.3. The molecule has 0 amide bonds. The van der Waals surface area contributed by atoms with Crippen LogP contribution in [0.3, 0.4) is 0 Å². The third-order valence-corrected chi connectivity index (χ3v) is 0.612. The maximum Gasteiger partial charge on any atom is -0.0206 e. The highest BCUT2D eigenvalue weighted by Crippen LogP contribution is 2.11. The summed E-state index contributed by atoms with van der Waals surface area (Å²) in [5, 5.41) is 0. The van der Waals surface area contributed by atoms with Gasteiger partial charge in [-0.2, -0.15) is 0 Å². The zero-order chi connectivity index (χ0) is 7.91. The molecular formula is C9H20. The normalized spacial score (nSPS) is 9.44. The van der Waals surface area contributed by atoms with Gasteiger partial charge in [0.25, 0.3) is 0 Å². The van der Waals surface area contributed by atoms with Crippen LogP contribution in [0.25, 0.3) is 0 Å². The molecule has 0 aromatic heterocycles. The highest BCUT2D eigenvalue weighted by atomic mass is 14.0. The lowest BCUT2D eigenvalue weighted by atomic mass is 9.98. The Labute approximate surface area is 60.0 Å². The first-order valence-corrected chi connectivity index (χ1v) is 3.61. The van der Waals surface area contributed by atoms with Gasteiger partial charge in [0.2, 0.25) is 0 Å². The summed E-state index contributed by atoms with van der Waals surface area (Å²) < 4.78 is 0. The molecule has 0 heterocycles. The van der Waals surface area contributed by atoms with Crippen molar-refractivity contribution in [2.45, 2.75) is 41.0 Å². The van der Waals surface area contributed by atoms with E-state index in [0.717, 1.165) is 0 Å². The fourth-order valence-electron chi connectivity index (χ4n) is 0. The van der Waals surface area contributed by atoms with Crippen molar-refractivity contribution < 1.29 is 0 Å². The lowest BCUT2D eigenvalue weighted by Gasteiger charge is -2.08. The van der Waals surface area contributed by atoms with Crippen LogP contribution in [0.15, 0.2) is 12.7 Å². The van der Waals surface area contributed by atoms with Crippen LogP contribution in [0.2, 0.25) is 0 Å². The number of hydrogen-bond donors (Lipinski definition) is 0. The van der Waals surface area contributed by atoms with Crippen molar-refractivity contribution in [3.05, 3.63) is 12.7 Å². The Morgan fingerprint density at radius 2 is 1.33 bits per heavy atom. The van der Waals surface area contributed by atoms with Crippen LogP contribution in [0, 0.1) is 5.41 Å². The van der Waals surface area contributed by atoms with Gasteiger partial charge in [-0.05, 0) is 5.41 Å². The molecule has 0 spiro atoms. The zero-order valence-electron chi connectivity index (χ0n) is 7.49. The van der Waals surface area contributed by atoms with Gasteiger partial charge in [-0.15, -0.1) is 6.58 Å². The van der Waals surface area contributed by atoms with E-state index < -0.39 is 0 Å². The summed E-state index contributed by atoms with van der Waals surface area (Å²) in [4.78, 5) is 0. The molecule has 0 nitrogen and oxygen atoms in total. The van der Waals surface area contributed by atoms with Crippen LogP contribution in [0.4, 0.5) is 0 Å². The molecule has 0 bridgehead atoms. The number of rotatable bonds is 0. The second kappa shape index (κ2) is 5.87. The molecule has 0 fully saturated rings. The highest BCUT2D eigenvalue weighted by molar-refractivity contribution is 4.82. The SMILES string of the molecule is C=CC(C)(C)C.CCC. The fourth-order valence-corrected chi connectivity index (χ4v) is 0. The van der Waals surface area contributed by atoms with E-state index in [1.165, 1.54) is 6.42 Å². The minimum atomic E-state index is 0.306. The molecule has 0 aromatic carbocycles. The van der Waals surface area contributed by atoms with Crippen LogP contribution in [0.1, 0.15) is 41.0 Å². The van der Waals surface area contributed by atoms with Gasteiger partial charge in [-0.3, -0.25) is 0 Å². The van der Waals surface area contributed by atoms with Crippen LogP contribution in [-0.2, 0) is 0 Å². The van der Waals surface area contributed by atoms with E-state index in [1.54, 1.807) is 0 Å². The molecule has 0 atom stereocenters. The van der Waals surface area contributed by atoms with Crippen molar-refractivity contribution in [1.82, 2.24) is 0 Å². The Bertz CT molecular complexity index is 54.9. The molecule has 0 heteroatoms. The predicted molar refractivity (Wildman–Crippen MR) is 45.6 cm³/mol. The van der Waals surface area contributed by atoms with Crippen LogP contribution in [-0.4, -0.2) is 0 Å². The first-order chi connectivity index (χ1) is 3.97. The Morgan fingerprint density at radius 3 is 1.33 bits per heavy atom. The topological polar surface area (TPSA) is 0 Å². The summed E-state index contributed by atoms with van der Waals surface area (Å²) in [5.74, 6) is 0. The quantitative estimate of drug-likeness (QED) is 0.437. The van der Waals surface area contributed by atoms with Crippen molar-refractivity contribution in [3.63, 3.8) is 0 Å². The fraction of sp³-hybridized carbons (Fsp3) is 0.778. The van der Waals surface area contributed by atoms with Crippen molar-refractivity contribution in [2.24, 2.45) is 5.41 Å². The molecule has 56 valence electrons. The van der Waals surface area contributed by atoms with Crippen LogP contribution >= 0.6 is 0 Å². The van der Waals surface area contributed by atoms with Gasteiger partial charge in [0.1, 0.15) is 0 Å². The molecule has 0 aliphatic carbocycles. The maximum atomic E-state index is 3.63. The average Bonchev–Trinajstić information content (AvgIpc) is 1.67. The van der Waals surface area contributed by atoms with Crippen molar-refractivity contribution in [3.8, 4) is 0 Å². The molecule has 0 aliphatic rings. The van der Waals surface area contributed by atoms with Gasteiger partial charge in [0.05, 0.1) is 0 Å². The highest BCUT2D eigenvalue weighted by Gasteiger charge is 1.99. The third kappa shape index (κ3) is 34.0. The lowest BCUT2D eigenvalue weighted by Crippen LogP contribution is -1.96. The van der Waals surface area contributed by atoms with Gasteiger partial charge in [-0.25, -0.2) is 0 Å². The van der Waals surface area contributed by atoms with E-state index >= 15 is 0 Å². The minimum absolute atomic E-state index is 0.306. The molecule has 0 rings (SSSR count). The Hall–Kier alpha value is -0.260. The number of hydrogen-bond acceptors (Lipinski definition) is 0. The Morgan fingerprint density at radius 1 is 1.22 bits per heavy atom. The van der Waals surface area contributed by atoms with Gasteiger partial charge in [-0.1, -0.05) is 47.1 Å². The van der Waals surface area contributed by atoms with E-state index in [9.17, 15) is 0 Å². The smallest absolute Gasteiger partial charge is 0.0206 e. The summed E-state index contributed by atoms with van der Waals surface area (Å²) in [5.41, 5.74) is 0.306.